The Morgan fingerprint density at radius 1 is 1.67 bits per heavy atom. The monoisotopic (exact) mass is 127 g/mol. The van der Waals surface area contributed by atoms with E-state index >= 15 is 0 Å². The molecule has 0 saturated carbocycles. The van der Waals surface area contributed by atoms with Crippen LogP contribution in [-0.4, -0.2) is 23.9 Å². The average molecular weight is 127 g/mol. The SMILES string of the molecule is CC1=NNC(=O)N(C)[N]1. The lowest BCUT2D eigenvalue weighted by Crippen LogP contribution is -2.46. The van der Waals surface area contributed by atoms with Crippen LogP contribution in [0.4, 0.5) is 4.79 Å². The molecule has 0 aromatic heterocycles. The smallest absolute Gasteiger partial charge is 0.245 e. The van der Waals surface area contributed by atoms with Crippen molar-refractivity contribution in [2.24, 2.45) is 5.10 Å². The van der Waals surface area contributed by atoms with E-state index in [9.17, 15) is 4.79 Å². The van der Waals surface area contributed by atoms with Crippen LogP contribution in [0.1, 0.15) is 6.92 Å². The van der Waals surface area contributed by atoms with Crippen molar-refractivity contribution < 1.29 is 4.79 Å². The molecule has 5 heteroatoms. The number of urea groups is 1. The highest BCUT2D eigenvalue weighted by molar-refractivity contribution is 5.86. The van der Waals surface area contributed by atoms with E-state index in [-0.39, 0.29) is 6.03 Å². The first kappa shape index (κ1) is 5.87. The number of hydrazone groups is 1. The molecule has 1 heterocycles. The summed E-state index contributed by atoms with van der Waals surface area (Å²) >= 11 is 0. The van der Waals surface area contributed by atoms with Gasteiger partial charge in [-0.05, 0) is 6.92 Å². The standard InChI is InChI=1S/C4H7N4O/c1-3-5-6-4(9)8(2)7-3/h1-2H3,(H,6,9). The van der Waals surface area contributed by atoms with E-state index in [0.717, 1.165) is 0 Å². The highest BCUT2D eigenvalue weighted by Gasteiger charge is 2.13. The first-order chi connectivity index (χ1) is 4.20. The molecule has 0 spiro atoms. The van der Waals surface area contributed by atoms with E-state index in [1.165, 1.54) is 5.01 Å². The predicted molar refractivity (Wildman–Crippen MR) is 31.5 cm³/mol. The maximum Gasteiger partial charge on any atom is 0.358 e. The minimum absolute atomic E-state index is 0.305. The van der Waals surface area contributed by atoms with Crippen molar-refractivity contribution in [1.82, 2.24) is 15.9 Å². The lowest BCUT2D eigenvalue weighted by molar-refractivity contribution is 0.194. The third kappa shape index (κ3) is 1.10. The van der Waals surface area contributed by atoms with Gasteiger partial charge in [-0.25, -0.2) is 15.2 Å². The molecule has 5 nitrogen and oxygen atoms in total. The van der Waals surface area contributed by atoms with E-state index in [2.05, 4.69) is 16.0 Å². The summed E-state index contributed by atoms with van der Waals surface area (Å²) in [6.07, 6.45) is 0. The summed E-state index contributed by atoms with van der Waals surface area (Å²) in [5, 5.41) is 4.77. The zero-order chi connectivity index (χ0) is 6.85. The van der Waals surface area contributed by atoms with Crippen molar-refractivity contribution in [3.63, 3.8) is 0 Å². The third-order valence-corrected chi connectivity index (χ3v) is 0.902. The molecule has 1 rings (SSSR count). The highest BCUT2D eigenvalue weighted by atomic mass is 16.2. The average Bonchev–Trinajstić information content (AvgIpc) is 1.80. The zero-order valence-corrected chi connectivity index (χ0v) is 5.25. The van der Waals surface area contributed by atoms with Gasteiger partial charge in [0.2, 0.25) is 0 Å². The second kappa shape index (κ2) is 1.93. The second-order valence-electron chi connectivity index (χ2n) is 1.70. The molecule has 1 radical (unpaired) electrons. The molecule has 0 saturated heterocycles. The van der Waals surface area contributed by atoms with Gasteiger partial charge in [0.25, 0.3) is 0 Å². The molecular formula is C4H7N4O. The summed E-state index contributed by atoms with van der Waals surface area (Å²) in [5.74, 6) is 0.553. The molecule has 0 fully saturated rings. The minimum Gasteiger partial charge on any atom is -0.245 e. The van der Waals surface area contributed by atoms with E-state index in [0.29, 0.717) is 5.84 Å². The molecule has 0 bridgehead atoms. The van der Waals surface area contributed by atoms with Crippen LogP contribution >= 0.6 is 0 Å². The van der Waals surface area contributed by atoms with Gasteiger partial charge in [0, 0.05) is 7.05 Å². The summed E-state index contributed by atoms with van der Waals surface area (Å²) in [6, 6.07) is -0.305. The lowest BCUT2D eigenvalue weighted by Gasteiger charge is -2.18. The summed E-state index contributed by atoms with van der Waals surface area (Å²) in [5.41, 5.74) is 6.00. The number of nitrogens with zero attached hydrogens (tertiary/aromatic N) is 3. The Balaban J connectivity index is 2.65. The van der Waals surface area contributed by atoms with Gasteiger partial charge in [-0.2, -0.15) is 10.5 Å². The molecule has 2 amide bonds. The number of carbonyl (C=O) groups excluding carboxylic acids is 1. The van der Waals surface area contributed by atoms with Crippen LogP contribution in [0.15, 0.2) is 5.10 Å². The summed E-state index contributed by atoms with van der Waals surface area (Å²) in [6.45, 7) is 1.70. The van der Waals surface area contributed by atoms with Crippen LogP contribution in [-0.2, 0) is 0 Å². The molecule has 0 unspecified atom stereocenters. The van der Waals surface area contributed by atoms with E-state index < -0.39 is 0 Å². The molecule has 0 atom stereocenters. The Kier molecular flexibility index (Phi) is 1.26. The number of nitrogens with one attached hydrogen (secondary N) is 1. The van der Waals surface area contributed by atoms with Crippen molar-refractivity contribution in [2.75, 3.05) is 7.05 Å². The number of carbonyl (C=O) groups is 1. The van der Waals surface area contributed by atoms with Crippen molar-refractivity contribution in [3.8, 4) is 0 Å². The fourth-order valence-corrected chi connectivity index (χ4v) is 0.486. The largest absolute Gasteiger partial charge is 0.358 e. The molecule has 0 aromatic carbocycles. The normalized spacial score (nSPS) is 18.2. The molecule has 1 N–H and O–H groups in total. The summed E-state index contributed by atoms with van der Waals surface area (Å²) in [4.78, 5) is 10.6. The van der Waals surface area contributed by atoms with Crippen molar-refractivity contribution in [2.45, 2.75) is 6.92 Å². The van der Waals surface area contributed by atoms with Gasteiger partial charge in [-0.15, -0.1) is 0 Å². The molecule has 0 aromatic rings. The zero-order valence-electron chi connectivity index (χ0n) is 5.25. The van der Waals surface area contributed by atoms with Crippen LogP contribution < -0.4 is 10.9 Å². The Morgan fingerprint density at radius 2 is 2.33 bits per heavy atom. The van der Waals surface area contributed by atoms with Crippen LogP contribution in [0, 0.1) is 0 Å². The Bertz CT molecular complexity index is 164. The quantitative estimate of drug-likeness (QED) is 0.468. The topological polar surface area (TPSA) is 58.8 Å². The second-order valence-corrected chi connectivity index (χ2v) is 1.70. The number of hydrogen-bond acceptors (Lipinski definition) is 2. The molecule has 1 aliphatic heterocycles. The Morgan fingerprint density at radius 3 is 2.78 bits per heavy atom. The van der Waals surface area contributed by atoms with Crippen molar-refractivity contribution >= 4 is 11.9 Å². The van der Waals surface area contributed by atoms with Gasteiger partial charge in [-0.3, -0.25) is 0 Å². The first-order valence-corrected chi connectivity index (χ1v) is 2.50. The van der Waals surface area contributed by atoms with E-state index in [4.69, 9.17) is 0 Å². The Hall–Kier alpha value is -1.26. The summed E-state index contributed by atoms with van der Waals surface area (Å²) in [7, 11) is 1.56. The number of hydrogen-bond donors (Lipinski definition) is 1. The van der Waals surface area contributed by atoms with Gasteiger partial charge < -0.3 is 0 Å². The fraction of sp³-hybridized carbons (Fsp3) is 0.500. The third-order valence-electron chi connectivity index (χ3n) is 0.902. The van der Waals surface area contributed by atoms with E-state index in [1.54, 1.807) is 14.0 Å². The van der Waals surface area contributed by atoms with Gasteiger partial charge in [-0.1, -0.05) is 0 Å². The predicted octanol–water partition coefficient (Wildman–Crippen LogP) is -0.506. The van der Waals surface area contributed by atoms with Crippen LogP contribution in [0.25, 0.3) is 0 Å². The summed E-state index contributed by atoms with van der Waals surface area (Å²) < 4.78 is 0. The van der Waals surface area contributed by atoms with Crippen LogP contribution in [0.3, 0.4) is 0 Å². The lowest BCUT2D eigenvalue weighted by atomic mass is 10.7. The highest BCUT2D eigenvalue weighted by Crippen LogP contribution is 1.87. The van der Waals surface area contributed by atoms with Crippen molar-refractivity contribution in [1.29, 1.82) is 0 Å². The van der Waals surface area contributed by atoms with Gasteiger partial charge in [0.15, 0.2) is 5.84 Å². The fourth-order valence-electron chi connectivity index (χ4n) is 0.486. The minimum atomic E-state index is -0.305. The maximum atomic E-state index is 10.6. The van der Waals surface area contributed by atoms with Gasteiger partial charge >= 0.3 is 6.03 Å². The molecular weight excluding hydrogens is 120 g/mol. The molecule has 1 aliphatic rings. The number of amidine groups is 1. The maximum absolute atomic E-state index is 10.6. The molecule has 49 valence electrons. The first-order valence-electron chi connectivity index (χ1n) is 2.50. The van der Waals surface area contributed by atoms with Crippen molar-refractivity contribution in [3.05, 3.63) is 0 Å². The molecule has 9 heavy (non-hydrogen) atoms. The number of amides is 2. The number of rotatable bonds is 0. The van der Waals surface area contributed by atoms with Crippen LogP contribution in [0.5, 0.6) is 0 Å². The van der Waals surface area contributed by atoms with E-state index in [1.807, 2.05) is 0 Å². The van der Waals surface area contributed by atoms with Crippen LogP contribution in [0.2, 0.25) is 0 Å². The van der Waals surface area contributed by atoms with Gasteiger partial charge in [0.1, 0.15) is 0 Å². The van der Waals surface area contributed by atoms with Gasteiger partial charge in [0.05, 0.1) is 0 Å². The molecule has 0 aliphatic carbocycles. The Labute approximate surface area is 52.7 Å².